The van der Waals surface area contributed by atoms with Gasteiger partial charge in [-0.3, -0.25) is 4.68 Å². The zero-order valence-corrected chi connectivity index (χ0v) is 13.1. The number of benzene rings is 1. The number of hydrogen-bond donors (Lipinski definition) is 1. The van der Waals surface area contributed by atoms with Crippen molar-refractivity contribution >= 4 is 17.4 Å². The van der Waals surface area contributed by atoms with Crippen molar-refractivity contribution in [3.63, 3.8) is 0 Å². The third-order valence-corrected chi connectivity index (χ3v) is 5.06. The molecule has 1 aromatic carbocycles. The predicted molar refractivity (Wildman–Crippen MR) is 86.7 cm³/mol. The van der Waals surface area contributed by atoms with Crippen LogP contribution in [0.25, 0.3) is 0 Å². The van der Waals surface area contributed by atoms with Gasteiger partial charge in [0.05, 0.1) is 18.8 Å². The van der Waals surface area contributed by atoms with Crippen LogP contribution >= 0.6 is 11.8 Å². The average Bonchev–Trinajstić information content (AvgIpc) is 3.17. The fourth-order valence-corrected chi connectivity index (χ4v) is 3.64. The van der Waals surface area contributed by atoms with Crippen LogP contribution < -0.4 is 10.5 Å². The highest BCUT2D eigenvalue weighted by Crippen LogP contribution is 2.32. The first-order valence-electron chi connectivity index (χ1n) is 7.36. The second-order valence-electron chi connectivity index (χ2n) is 5.42. The molecule has 0 saturated heterocycles. The van der Waals surface area contributed by atoms with Crippen LogP contribution in [-0.2, 0) is 5.75 Å². The summed E-state index contributed by atoms with van der Waals surface area (Å²) < 4.78 is 7.38. The molecule has 1 fully saturated rings. The van der Waals surface area contributed by atoms with Crippen LogP contribution in [0.1, 0.15) is 37.4 Å². The molecule has 5 heteroatoms. The minimum atomic E-state index is 0.602. The molecule has 1 saturated carbocycles. The van der Waals surface area contributed by atoms with Crippen LogP contribution in [-0.4, -0.2) is 16.9 Å². The summed E-state index contributed by atoms with van der Waals surface area (Å²) in [5.41, 5.74) is 7.90. The Morgan fingerprint density at radius 3 is 2.90 bits per heavy atom. The number of nitrogens with two attached hydrogens (primary N) is 1. The quantitative estimate of drug-likeness (QED) is 0.672. The maximum atomic E-state index is 6.01. The number of ether oxygens (including phenoxy) is 1. The van der Waals surface area contributed by atoms with E-state index in [1.807, 2.05) is 18.2 Å². The van der Waals surface area contributed by atoms with E-state index in [2.05, 4.69) is 16.9 Å². The molecule has 21 heavy (non-hydrogen) atoms. The maximum Gasteiger partial charge on any atom is 0.120 e. The molecule has 0 aliphatic heterocycles. The second kappa shape index (κ2) is 6.43. The molecule has 0 radical (unpaired) electrons. The van der Waals surface area contributed by atoms with Gasteiger partial charge in [-0.2, -0.15) is 5.10 Å². The van der Waals surface area contributed by atoms with Gasteiger partial charge in [-0.05, 0) is 37.1 Å². The lowest BCUT2D eigenvalue weighted by atomic mass is 10.3. The lowest BCUT2D eigenvalue weighted by molar-refractivity contribution is 0.414. The number of anilines is 1. The third-order valence-electron chi connectivity index (χ3n) is 3.96. The fourth-order valence-electron chi connectivity index (χ4n) is 2.74. The maximum absolute atomic E-state index is 6.01. The van der Waals surface area contributed by atoms with Crippen LogP contribution in [0.3, 0.4) is 0 Å². The van der Waals surface area contributed by atoms with Gasteiger partial charge in [0.25, 0.3) is 0 Å². The summed E-state index contributed by atoms with van der Waals surface area (Å²) in [6.45, 7) is 0. The largest absolute Gasteiger partial charge is 0.497 e. The summed E-state index contributed by atoms with van der Waals surface area (Å²) in [6.07, 6.45) is 7.29. The van der Waals surface area contributed by atoms with E-state index in [0.717, 1.165) is 27.8 Å². The van der Waals surface area contributed by atoms with Crippen molar-refractivity contribution in [3.05, 3.63) is 36.2 Å². The molecule has 1 aliphatic carbocycles. The van der Waals surface area contributed by atoms with E-state index in [0.29, 0.717) is 6.04 Å². The normalized spacial score (nSPS) is 15.5. The van der Waals surface area contributed by atoms with Crippen LogP contribution in [0.15, 0.2) is 35.4 Å². The van der Waals surface area contributed by atoms with Gasteiger partial charge in [-0.15, -0.1) is 11.8 Å². The van der Waals surface area contributed by atoms with Crippen LogP contribution in [0.5, 0.6) is 5.75 Å². The minimum absolute atomic E-state index is 0.602. The molecular weight excluding hydrogens is 282 g/mol. The Morgan fingerprint density at radius 2 is 2.14 bits per heavy atom. The molecule has 0 atom stereocenters. The number of aromatic nitrogens is 2. The smallest absolute Gasteiger partial charge is 0.120 e. The van der Waals surface area contributed by atoms with Gasteiger partial charge >= 0.3 is 0 Å². The highest BCUT2D eigenvalue weighted by atomic mass is 32.2. The minimum Gasteiger partial charge on any atom is -0.497 e. The average molecular weight is 303 g/mol. The van der Waals surface area contributed by atoms with Gasteiger partial charge in [0.15, 0.2) is 0 Å². The van der Waals surface area contributed by atoms with Crippen molar-refractivity contribution in [1.29, 1.82) is 0 Å². The molecule has 1 aliphatic rings. The number of thioether (sulfide) groups is 1. The molecule has 0 amide bonds. The monoisotopic (exact) mass is 303 g/mol. The summed E-state index contributed by atoms with van der Waals surface area (Å²) in [5.74, 6) is 1.67. The summed E-state index contributed by atoms with van der Waals surface area (Å²) >= 11 is 1.70. The van der Waals surface area contributed by atoms with E-state index in [1.165, 1.54) is 25.7 Å². The summed E-state index contributed by atoms with van der Waals surface area (Å²) in [4.78, 5) is 1.05. The van der Waals surface area contributed by atoms with Crippen LogP contribution in [0.4, 0.5) is 5.69 Å². The topological polar surface area (TPSA) is 53.1 Å². The summed E-state index contributed by atoms with van der Waals surface area (Å²) in [5, 5.41) is 4.70. The molecule has 1 heterocycles. The Morgan fingerprint density at radius 1 is 1.33 bits per heavy atom. The van der Waals surface area contributed by atoms with Crippen molar-refractivity contribution < 1.29 is 4.74 Å². The standard InChI is InChI=1S/C16H21N3OS/c1-20-14-6-7-15(17)16(10-14)21-11-12-8-9-19(18-12)13-4-2-3-5-13/h6-10,13H,2-5,11,17H2,1H3. The van der Waals surface area contributed by atoms with Crippen molar-refractivity contribution in [3.8, 4) is 5.75 Å². The lowest BCUT2D eigenvalue weighted by Crippen LogP contribution is -2.05. The zero-order chi connectivity index (χ0) is 14.7. The number of methoxy groups -OCH3 is 1. The lowest BCUT2D eigenvalue weighted by Gasteiger charge is -2.09. The summed E-state index contributed by atoms with van der Waals surface area (Å²) in [6, 6.07) is 8.47. The SMILES string of the molecule is COc1ccc(N)c(SCc2ccn(C3CCCC3)n2)c1. The fraction of sp³-hybridized carbons (Fsp3) is 0.438. The summed E-state index contributed by atoms with van der Waals surface area (Å²) in [7, 11) is 1.67. The molecular formula is C16H21N3OS. The van der Waals surface area contributed by atoms with Crippen molar-refractivity contribution in [2.24, 2.45) is 0 Å². The molecule has 1 aromatic heterocycles. The van der Waals surface area contributed by atoms with Gasteiger partial charge in [-0.25, -0.2) is 0 Å². The third kappa shape index (κ3) is 3.35. The number of nitrogens with zero attached hydrogens (tertiary/aromatic N) is 2. The predicted octanol–water partition coefficient (Wildman–Crippen LogP) is 3.88. The van der Waals surface area contributed by atoms with Gasteiger partial charge in [0, 0.05) is 22.5 Å². The Kier molecular flexibility index (Phi) is 4.39. The van der Waals surface area contributed by atoms with E-state index < -0.39 is 0 Å². The van der Waals surface area contributed by atoms with E-state index in [9.17, 15) is 0 Å². The molecule has 0 spiro atoms. The molecule has 0 bridgehead atoms. The van der Waals surface area contributed by atoms with Crippen molar-refractivity contribution in [1.82, 2.24) is 9.78 Å². The van der Waals surface area contributed by atoms with Crippen molar-refractivity contribution in [2.75, 3.05) is 12.8 Å². The van der Waals surface area contributed by atoms with E-state index in [1.54, 1.807) is 18.9 Å². The first-order valence-corrected chi connectivity index (χ1v) is 8.35. The van der Waals surface area contributed by atoms with E-state index >= 15 is 0 Å². The zero-order valence-electron chi connectivity index (χ0n) is 12.3. The Labute approximate surface area is 129 Å². The van der Waals surface area contributed by atoms with Crippen LogP contribution in [0.2, 0.25) is 0 Å². The Balaban J connectivity index is 1.64. The Bertz CT molecular complexity index is 605. The number of nitrogen functional groups attached to an aromatic ring is 1. The van der Waals surface area contributed by atoms with Gasteiger partial charge < -0.3 is 10.5 Å². The molecule has 112 valence electrons. The molecule has 3 rings (SSSR count). The van der Waals surface area contributed by atoms with E-state index in [-0.39, 0.29) is 0 Å². The number of rotatable bonds is 5. The molecule has 0 unspecified atom stereocenters. The number of hydrogen-bond acceptors (Lipinski definition) is 4. The first kappa shape index (κ1) is 14.3. The molecule has 4 nitrogen and oxygen atoms in total. The van der Waals surface area contributed by atoms with Crippen LogP contribution in [0, 0.1) is 0 Å². The highest BCUT2D eigenvalue weighted by Gasteiger charge is 2.17. The second-order valence-corrected chi connectivity index (χ2v) is 6.43. The Hall–Kier alpha value is -1.62. The van der Waals surface area contributed by atoms with Gasteiger partial charge in [-0.1, -0.05) is 12.8 Å². The van der Waals surface area contributed by atoms with Gasteiger partial charge in [0.1, 0.15) is 5.75 Å². The molecule has 2 aromatic rings. The van der Waals surface area contributed by atoms with Crippen molar-refractivity contribution in [2.45, 2.75) is 42.4 Å². The molecule has 2 N–H and O–H groups in total. The highest BCUT2D eigenvalue weighted by molar-refractivity contribution is 7.98. The van der Waals surface area contributed by atoms with E-state index in [4.69, 9.17) is 15.6 Å². The van der Waals surface area contributed by atoms with Gasteiger partial charge in [0.2, 0.25) is 0 Å². The first-order chi connectivity index (χ1) is 10.3.